The van der Waals surface area contributed by atoms with Gasteiger partial charge in [0.2, 0.25) is 0 Å². The topological polar surface area (TPSA) is 57.3 Å². The van der Waals surface area contributed by atoms with Crippen molar-refractivity contribution in [2.24, 2.45) is 0 Å². The van der Waals surface area contributed by atoms with Gasteiger partial charge in [-0.3, -0.25) is 0 Å². The second-order valence-electron chi connectivity index (χ2n) is 6.94. The van der Waals surface area contributed by atoms with Gasteiger partial charge in [-0.2, -0.15) is 0 Å². The summed E-state index contributed by atoms with van der Waals surface area (Å²) in [7, 11) is 0. The molecule has 1 unspecified atom stereocenters. The monoisotopic (exact) mass is 424 g/mol. The molecule has 8 heteroatoms. The molecule has 1 aliphatic rings. The summed E-state index contributed by atoms with van der Waals surface area (Å²) in [5.41, 5.74) is 0.306. The number of unbranched alkanes of at least 4 members (excludes halogenated alkanes) is 3. The second-order valence-corrected chi connectivity index (χ2v) is 6.94. The number of ether oxygens (including phenoxy) is 4. The Morgan fingerprint density at radius 3 is 2.13 bits per heavy atom. The Hall–Kier alpha value is -2.74. The van der Waals surface area contributed by atoms with Crippen LogP contribution >= 0.6 is 0 Å². The minimum absolute atomic E-state index is 0.114. The smallest absolute Gasteiger partial charge is 0.494 e. The largest absolute Gasteiger partial charge is 0.573 e. The SMILES string of the molecule is O=C(Oc1ccc(OC(F)(F)F)cc1)c1ccc(OCCCCCCC2CO2)cc1. The molecule has 0 saturated carbocycles. The number of alkyl halides is 3. The van der Waals surface area contributed by atoms with Crippen LogP contribution in [-0.4, -0.2) is 31.6 Å². The molecular weight excluding hydrogens is 401 g/mol. The maximum absolute atomic E-state index is 12.2. The average Bonchev–Trinajstić information content (AvgIpc) is 3.52. The van der Waals surface area contributed by atoms with Crippen LogP contribution in [0.25, 0.3) is 0 Å². The first-order valence-corrected chi connectivity index (χ1v) is 9.81. The van der Waals surface area contributed by atoms with Crippen LogP contribution in [0.1, 0.15) is 42.5 Å². The average molecular weight is 424 g/mol. The number of hydrogen-bond acceptors (Lipinski definition) is 5. The van der Waals surface area contributed by atoms with Crippen LogP contribution in [0.5, 0.6) is 17.2 Å². The van der Waals surface area contributed by atoms with Crippen molar-refractivity contribution in [1.29, 1.82) is 0 Å². The van der Waals surface area contributed by atoms with Crippen LogP contribution in [0.2, 0.25) is 0 Å². The van der Waals surface area contributed by atoms with Crippen LogP contribution in [-0.2, 0) is 4.74 Å². The number of halogens is 3. The lowest BCUT2D eigenvalue weighted by atomic mass is 10.1. The normalized spacial score (nSPS) is 15.5. The first-order chi connectivity index (χ1) is 14.4. The van der Waals surface area contributed by atoms with E-state index in [0.717, 1.165) is 44.4 Å². The maximum atomic E-state index is 12.2. The highest BCUT2D eigenvalue weighted by Gasteiger charge is 2.31. The van der Waals surface area contributed by atoms with Gasteiger partial charge in [0.1, 0.15) is 17.2 Å². The Kier molecular flexibility index (Phi) is 7.57. The zero-order valence-electron chi connectivity index (χ0n) is 16.3. The third kappa shape index (κ3) is 7.94. The molecule has 1 heterocycles. The van der Waals surface area contributed by atoms with Crippen molar-refractivity contribution in [2.75, 3.05) is 13.2 Å². The Labute approximate surface area is 172 Å². The Balaban J connectivity index is 1.37. The van der Waals surface area contributed by atoms with Gasteiger partial charge >= 0.3 is 12.3 Å². The van der Waals surface area contributed by atoms with Crippen molar-refractivity contribution in [3.63, 3.8) is 0 Å². The summed E-state index contributed by atoms with van der Waals surface area (Å²) in [6.07, 6.45) is 1.27. The second kappa shape index (κ2) is 10.3. The fourth-order valence-electron chi connectivity index (χ4n) is 2.81. The molecule has 0 aliphatic carbocycles. The van der Waals surface area contributed by atoms with Gasteiger partial charge < -0.3 is 18.9 Å². The highest BCUT2D eigenvalue weighted by Crippen LogP contribution is 2.25. The van der Waals surface area contributed by atoms with Gasteiger partial charge in [-0.1, -0.05) is 19.3 Å². The molecule has 2 aromatic rings. The lowest BCUT2D eigenvalue weighted by Gasteiger charge is -2.10. The number of carbonyl (C=O) groups excluding carboxylic acids is 1. The van der Waals surface area contributed by atoms with Gasteiger partial charge in [0, 0.05) is 0 Å². The Bertz CT molecular complexity index is 799. The van der Waals surface area contributed by atoms with Crippen molar-refractivity contribution in [1.82, 2.24) is 0 Å². The first kappa shape index (κ1) is 22.0. The van der Waals surface area contributed by atoms with Crippen molar-refractivity contribution in [3.05, 3.63) is 54.1 Å². The molecule has 1 fully saturated rings. The molecule has 3 rings (SSSR count). The zero-order valence-corrected chi connectivity index (χ0v) is 16.3. The lowest BCUT2D eigenvalue weighted by molar-refractivity contribution is -0.274. The van der Waals surface area contributed by atoms with Gasteiger partial charge in [0.25, 0.3) is 0 Å². The molecule has 0 bridgehead atoms. The van der Waals surface area contributed by atoms with Crippen LogP contribution < -0.4 is 14.2 Å². The van der Waals surface area contributed by atoms with E-state index in [0.29, 0.717) is 24.0 Å². The highest BCUT2D eigenvalue weighted by atomic mass is 19.4. The van der Waals surface area contributed by atoms with Gasteiger partial charge in [0.15, 0.2) is 0 Å². The molecule has 30 heavy (non-hydrogen) atoms. The van der Waals surface area contributed by atoms with Gasteiger partial charge in [0.05, 0.1) is 24.9 Å². The van der Waals surface area contributed by atoms with E-state index >= 15 is 0 Å². The van der Waals surface area contributed by atoms with Crippen LogP contribution in [0, 0.1) is 0 Å². The van der Waals surface area contributed by atoms with Crippen LogP contribution in [0.4, 0.5) is 13.2 Å². The molecule has 1 saturated heterocycles. The minimum atomic E-state index is -4.77. The number of rotatable bonds is 11. The molecule has 0 aromatic heterocycles. The van der Waals surface area contributed by atoms with Crippen LogP contribution in [0.3, 0.4) is 0 Å². The van der Waals surface area contributed by atoms with E-state index in [1.807, 2.05) is 0 Å². The van der Waals surface area contributed by atoms with E-state index < -0.39 is 12.3 Å². The molecule has 2 aromatic carbocycles. The number of epoxide rings is 1. The fraction of sp³-hybridized carbons (Fsp3) is 0.409. The molecule has 0 radical (unpaired) electrons. The van der Waals surface area contributed by atoms with Crippen LogP contribution in [0.15, 0.2) is 48.5 Å². The maximum Gasteiger partial charge on any atom is 0.573 e. The Morgan fingerprint density at radius 1 is 0.900 bits per heavy atom. The molecule has 5 nitrogen and oxygen atoms in total. The van der Waals surface area contributed by atoms with E-state index in [9.17, 15) is 18.0 Å². The molecule has 1 aliphatic heterocycles. The third-order valence-electron chi connectivity index (χ3n) is 4.45. The van der Waals surface area contributed by atoms with Crippen molar-refractivity contribution in [2.45, 2.75) is 44.6 Å². The number of carbonyl (C=O) groups is 1. The molecular formula is C22H23F3O5. The molecule has 0 amide bonds. The van der Waals surface area contributed by atoms with E-state index in [4.69, 9.17) is 14.2 Å². The van der Waals surface area contributed by atoms with E-state index in [1.54, 1.807) is 24.3 Å². The van der Waals surface area contributed by atoms with Gasteiger partial charge in [-0.05, 0) is 61.4 Å². The third-order valence-corrected chi connectivity index (χ3v) is 4.45. The molecule has 1 atom stereocenters. The predicted octanol–water partition coefficient (Wildman–Crippen LogP) is 5.53. The quantitative estimate of drug-likeness (QED) is 0.205. The summed E-state index contributed by atoms with van der Waals surface area (Å²) in [5.74, 6) is -0.235. The zero-order chi connectivity index (χ0) is 21.4. The predicted molar refractivity (Wildman–Crippen MR) is 103 cm³/mol. The summed E-state index contributed by atoms with van der Waals surface area (Å²) >= 11 is 0. The molecule has 0 N–H and O–H groups in total. The van der Waals surface area contributed by atoms with E-state index in [1.165, 1.54) is 18.6 Å². The summed E-state index contributed by atoms with van der Waals surface area (Å²) < 4.78 is 56.3. The van der Waals surface area contributed by atoms with Gasteiger partial charge in [-0.15, -0.1) is 13.2 Å². The summed E-state index contributed by atoms with van der Waals surface area (Å²) in [5, 5.41) is 0. The summed E-state index contributed by atoms with van der Waals surface area (Å²) in [6, 6.07) is 11.1. The number of benzene rings is 2. The highest BCUT2D eigenvalue weighted by molar-refractivity contribution is 5.91. The Morgan fingerprint density at radius 2 is 1.50 bits per heavy atom. The number of esters is 1. The first-order valence-electron chi connectivity index (χ1n) is 9.81. The minimum Gasteiger partial charge on any atom is -0.494 e. The van der Waals surface area contributed by atoms with Gasteiger partial charge in [-0.25, -0.2) is 4.79 Å². The van der Waals surface area contributed by atoms with E-state index in [-0.39, 0.29) is 11.5 Å². The fourth-order valence-corrected chi connectivity index (χ4v) is 2.81. The molecule has 162 valence electrons. The lowest BCUT2D eigenvalue weighted by Crippen LogP contribution is -2.17. The van der Waals surface area contributed by atoms with Crippen molar-refractivity contribution < 1.29 is 36.9 Å². The molecule has 0 spiro atoms. The summed E-state index contributed by atoms with van der Waals surface area (Å²) in [4.78, 5) is 12.2. The summed E-state index contributed by atoms with van der Waals surface area (Å²) in [6.45, 7) is 1.52. The number of hydrogen-bond donors (Lipinski definition) is 0. The van der Waals surface area contributed by atoms with Crippen molar-refractivity contribution in [3.8, 4) is 17.2 Å². The van der Waals surface area contributed by atoms with E-state index in [2.05, 4.69) is 4.74 Å². The standard InChI is InChI=1S/C22H23F3O5/c23-22(24,25)30-19-12-10-18(11-13-19)29-21(26)16-6-8-17(9-7-16)27-14-4-2-1-3-5-20-15-28-20/h6-13,20H,1-5,14-15H2. The van der Waals surface area contributed by atoms with Crippen molar-refractivity contribution >= 4 is 5.97 Å².